The van der Waals surface area contributed by atoms with Gasteiger partial charge in [-0.3, -0.25) is 0 Å². The van der Waals surface area contributed by atoms with Gasteiger partial charge in [0.1, 0.15) is 5.75 Å². The van der Waals surface area contributed by atoms with Crippen LogP contribution in [0.4, 0.5) is 0 Å². The van der Waals surface area contributed by atoms with Crippen molar-refractivity contribution >= 4 is 17.4 Å². The molecular formula is C23H30N2OS. The molecule has 1 fully saturated rings. The first-order valence-electron chi connectivity index (χ1n) is 9.73. The minimum absolute atomic E-state index is 0.281. The number of piperidine rings is 1. The zero-order valence-electron chi connectivity index (χ0n) is 16.6. The Morgan fingerprint density at radius 3 is 2.22 bits per heavy atom. The van der Waals surface area contributed by atoms with E-state index >= 15 is 0 Å². The molecule has 0 bridgehead atoms. The van der Waals surface area contributed by atoms with Crippen molar-refractivity contribution in [3.05, 3.63) is 65.2 Å². The SMILES string of the molecule is Cc1ccc(OC(=S)N2CCC(Cc3ccc(C(C)(C)N)cc3)CC2)cc1. The normalized spacial score (nSPS) is 15.6. The Morgan fingerprint density at radius 1 is 1.07 bits per heavy atom. The number of aryl methyl sites for hydroxylation is 1. The van der Waals surface area contributed by atoms with Gasteiger partial charge in [-0.25, -0.2) is 0 Å². The van der Waals surface area contributed by atoms with Gasteiger partial charge in [0, 0.05) is 18.6 Å². The molecule has 3 rings (SSSR count). The summed E-state index contributed by atoms with van der Waals surface area (Å²) in [5, 5.41) is 0.590. The maximum absolute atomic E-state index is 6.17. The van der Waals surface area contributed by atoms with E-state index in [4.69, 9.17) is 22.7 Å². The molecular weight excluding hydrogens is 352 g/mol. The van der Waals surface area contributed by atoms with Crippen molar-refractivity contribution in [3.8, 4) is 5.75 Å². The quantitative estimate of drug-likeness (QED) is 0.771. The third kappa shape index (κ3) is 5.53. The molecule has 0 aliphatic carbocycles. The molecule has 144 valence electrons. The van der Waals surface area contributed by atoms with Crippen LogP contribution in [0.2, 0.25) is 0 Å². The highest BCUT2D eigenvalue weighted by Crippen LogP contribution is 2.24. The van der Waals surface area contributed by atoms with Crippen LogP contribution in [0.5, 0.6) is 5.75 Å². The summed E-state index contributed by atoms with van der Waals surface area (Å²) in [6.07, 6.45) is 3.40. The van der Waals surface area contributed by atoms with Gasteiger partial charge in [0.2, 0.25) is 0 Å². The largest absolute Gasteiger partial charge is 0.432 e. The first-order chi connectivity index (χ1) is 12.8. The second kappa shape index (κ2) is 8.41. The molecule has 4 heteroatoms. The smallest absolute Gasteiger partial charge is 0.264 e. The van der Waals surface area contributed by atoms with Gasteiger partial charge in [-0.05, 0) is 81.4 Å². The number of nitrogens with zero attached hydrogens (tertiary/aromatic N) is 1. The van der Waals surface area contributed by atoms with E-state index in [-0.39, 0.29) is 5.54 Å². The van der Waals surface area contributed by atoms with Gasteiger partial charge in [0.05, 0.1) is 0 Å². The summed E-state index contributed by atoms with van der Waals surface area (Å²) in [7, 11) is 0. The molecule has 0 aromatic heterocycles. The number of rotatable bonds is 4. The summed E-state index contributed by atoms with van der Waals surface area (Å²) in [5.41, 5.74) is 9.68. The van der Waals surface area contributed by atoms with Crippen LogP contribution in [0, 0.1) is 12.8 Å². The van der Waals surface area contributed by atoms with Gasteiger partial charge < -0.3 is 15.4 Å². The zero-order valence-corrected chi connectivity index (χ0v) is 17.4. The summed E-state index contributed by atoms with van der Waals surface area (Å²) in [4.78, 5) is 2.19. The summed E-state index contributed by atoms with van der Waals surface area (Å²) < 4.78 is 5.85. The number of ether oxygens (including phenoxy) is 1. The van der Waals surface area contributed by atoms with Gasteiger partial charge in [-0.1, -0.05) is 42.0 Å². The Hall–Kier alpha value is -1.91. The predicted molar refractivity (Wildman–Crippen MR) is 116 cm³/mol. The van der Waals surface area contributed by atoms with Gasteiger partial charge >= 0.3 is 0 Å². The lowest BCUT2D eigenvalue weighted by Gasteiger charge is -2.33. The molecule has 0 atom stereocenters. The second-order valence-electron chi connectivity index (χ2n) is 8.23. The van der Waals surface area contributed by atoms with E-state index in [1.54, 1.807) is 0 Å². The van der Waals surface area contributed by atoms with E-state index in [0.29, 0.717) is 11.1 Å². The number of nitrogens with two attached hydrogens (primary N) is 1. The number of benzene rings is 2. The molecule has 2 N–H and O–H groups in total. The van der Waals surface area contributed by atoms with Crippen LogP contribution in [0.25, 0.3) is 0 Å². The second-order valence-corrected chi connectivity index (χ2v) is 8.58. The van der Waals surface area contributed by atoms with Crippen LogP contribution in [-0.4, -0.2) is 23.2 Å². The molecule has 2 aromatic rings. The first-order valence-corrected chi connectivity index (χ1v) is 10.1. The lowest BCUT2D eigenvalue weighted by atomic mass is 9.88. The molecule has 1 aliphatic rings. The summed E-state index contributed by atoms with van der Waals surface area (Å²) in [6, 6.07) is 16.8. The van der Waals surface area contributed by atoms with E-state index in [9.17, 15) is 0 Å². The van der Waals surface area contributed by atoms with Gasteiger partial charge in [0.25, 0.3) is 5.17 Å². The molecule has 1 saturated heterocycles. The van der Waals surface area contributed by atoms with Crippen LogP contribution in [-0.2, 0) is 12.0 Å². The first kappa shape index (κ1) is 19.8. The number of likely N-dealkylation sites (tertiary alicyclic amines) is 1. The lowest BCUT2D eigenvalue weighted by Crippen LogP contribution is -2.40. The average molecular weight is 383 g/mol. The fraction of sp³-hybridized carbons (Fsp3) is 0.435. The molecule has 1 aliphatic heterocycles. The molecule has 0 amide bonds. The highest BCUT2D eigenvalue weighted by molar-refractivity contribution is 7.80. The molecule has 2 aromatic carbocycles. The topological polar surface area (TPSA) is 38.5 Å². The van der Waals surface area contributed by atoms with Crippen molar-refractivity contribution in [3.63, 3.8) is 0 Å². The highest BCUT2D eigenvalue weighted by Gasteiger charge is 2.22. The van der Waals surface area contributed by atoms with Crippen molar-refractivity contribution in [1.82, 2.24) is 4.90 Å². The van der Waals surface area contributed by atoms with Crippen molar-refractivity contribution in [2.75, 3.05) is 13.1 Å². The van der Waals surface area contributed by atoms with E-state index in [1.807, 2.05) is 38.1 Å². The summed E-state index contributed by atoms with van der Waals surface area (Å²) in [5.74, 6) is 1.51. The standard InChI is InChI=1S/C23H30N2OS/c1-17-4-10-21(11-5-17)26-22(27)25-14-12-19(13-15-25)16-18-6-8-20(9-7-18)23(2,3)24/h4-11,19H,12-16,24H2,1-3H3. The van der Waals surface area contributed by atoms with E-state index in [1.165, 1.54) is 16.7 Å². The van der Waals surface area contributed by atoms with Crippen molar-refractivity contribution < 1.29 is 4.74 Å². The van der Waals surface area contributed by atoms with Crippen LogP contribution >= 0.6 is 12.2 Å². The lowest BCUT2D eigenvalue weighted by molar-refractivity contribution is 0.242. The van der Waals surface area contributed by atoms with Gasteiger partial charge in [0.15, 0.2) is 0 Å². The molecule has 0 saturated carbocycles. The maximum atomic E-state index is 6.17. The van der Waals surface area contributed by atoms with Crippen LogP contribution in [0.1, 0.15) is 43.4 Å². The van der Waals surface area contributed by atoms with Crippen molar-refractivity contribution in [2.24, 2.45) is 11.7 Å². The Bertz CT molecular complexity index is 754. The van der Waals surface area contributed by atoms with Crippen LogP contribution in [0.15, 0.2) is 48.5 Å². The molecule has 27 heavy (non-hydrogen) atoms. The predicted octanol–water partition coefficient (Wildman–Crippen LogP) is 4.81. The Kier molecular flexibility index (Phi) is 6.18. The van der Waals surface area contributed by atoms with E-state index < -0.39 is 0 Å². The number of hydrogen-bond acceptors (Lipinski definition) is 3. The molecule has 0 radical (unpaired) electrons. The van der Waals surface area contributed by atoms with Crippen LogP contribution < -0.4 is 10.5 Å². The monoisotopic (exact) mass is 382 g/mol. The number of hydrogen-bond donors (Lipinski definition) is 1. The summed E-state index contributed by atoms with van der Waals surface area (Å²) in [6.45, 7) is 8.07. The fourth-order valence-electron chi connectivity index (χ4n) is 3.50. The van der Waals surface area contributed by atoms with E-state index in [2.05, 4.69) is 36.1 Å². The van der Waals surface area contributed by atoms with Gasteiger partial charge in [-0.15, -0.1) is 0 Å². The van der Waals surface area contributed by atoms with Crippen molar-refractivity contribution in [1.29, 1.82) is 0 Å². The number of thiocarbonyl (C=S) groups is 1. The molecule has 3 nitrogen and oxygen atoms in total. The Morgan fingerprint density at radius 2 is 1.67 bits per heavy atom. The van der Waals surface area contributed by atoms with Crippen molar-refractivity contribution in [2.45, 2.75) is 45.6 Å². The van der Waals surface area contributed by atoms with Crippen LogP contribution in [0.3, 0.4) is 0 Å². The maximum Gasteiger partial charge on any atom is 0.264 e. The minimum Gasteiger partial charge on any atom is -0.432 e. The molecule has 0 spiro atoms. The fourth-order valence-corrected chi connectivity index (χ4v) is 3.77. The molecule has 0 unspecified atom stereocenters. The minimum atomic E-state index is -0.281. The Labute approximate surface area is 168 Å². The third-order valence-corrected chi connectivity index (χ3v) is 5.66. The van der Waals surface area contributed by atoms with E-state index in [0.717, 1.165) is 38.1 Å². The van der Waals surface area contributed by atoms with Gasteiger partial charge in [-0.2, -0.15) is 0 Å². The zero-order chi connectivity index (χ0) is 19.4. The highest BCUT2D eigenvalue weighted by atomic mass is 32.1. The molecule has 1 heterocycles. The average Bonchev–Trinajstić information content (AvgIpc) is 2.64. The third-order valence-electron chi connectivity index (χ3n) is 5.32. The Balaban J connectivity index is 1.48. The summed E-state index contributed by atoms with van der Waals surface area (Å²) >= 11 is 5.50.